The van der Waals surface area contributed by atoms with E-state index in [1.54, 1.807) is 31.2 Å². The van der Waals surface area contributed by atoms with Crippen LogP contribution in [0.25, 0.3) is 5.69 Å². The van der Waals surface area contributed by atoms with Gasteiger partial charge in [-0.25, -0.2) is 4.68 Å². The topological polar surface area (TPSA) is 76.0 Å². The monoisotopic (exact) mass is 450 g/mol. The van der Waals surface area contributed by atoms with Crippen LogP contribution in [0.1, 0.15) is 34.1 Å². The van der Waals surface area contributed by atoms with Crippen molar-refractivity contribution >= 4 is 29.2 Å². The van der Waals surface area contributed by atoms with Crippen molar-refractivity contribution < 1.29 is 22.8 Å². The minimum Gasteiger partial charge on any atom is -0.352 e. The molecule has 162 valence electrons. The number of alkyl halides is 3. The van der Waals surface area contributed by atoms with E-state index in [9.17, 15) is 22.8 Å². The summed E-state index contributed by atoms with van der Waals surface area (Å²) in [7, 11) is 0. The van der Waals surface area contributed by atoms with Crippen LogP contribution >= 0.6 is 11.6 Å². The average Bonchev–Trinajstić information content (AvgIpc) is 3.06. The minimum atomic E-state index is -4.55. The van der Waals surface area contributed by atoms with Crippen LogP contribution in [0.15, 0.2) is 48.5 Å². The molecule has 0 aliphatic carbocycles. The standard InChI is InChI=1S/C21H18ClF3N4O2/c1-12-9-19(27-20(31)15-5-3-14(4-6-15)11-26-13(2)30)29(28-12)18-10-16(21(23,24)25)7-8-17(18)22/h3-10H,11H2,1-2H3,(H,26,30)(H,27,31). The van der Waals surface area contributed by atoms with Crippen LogP contribution in [0.2, 0.25) is 5.02 Å². The summed E-state index contributed by atoms with van der Waals surface area (Å²) in [5.74, 6) is -0.472. The number of aromatic nitrogens is 2. The molecule has 6 nitrogen and oxygen atoms in total. The highest BCUT2D eigenvalue weighted by molar-refractivity contribution is 6.32. The highest BCUT2D eigenvalue weighted by atomic mass is 35.5. The Hall–Kier alpha value is -3.33. The number of aryl methyl sites for hydroxylation is 1. The summed E-state index contributed by atoms with van der Waals surface area (Å²) >= 11 is 6.11. The second-order valence-electron chi connectivity index (χ2n) is 6.81. The molecule has 1 heterocycles. The lowest BCUT2D eigenvalue weighted by atomic mass is 10.1. The highest BCUT2D eigenvalue weighted by Crippen LogP contribution is 2.34. The molecule has 2 N–H and O–H groups in total. The van der Waals surface area contributed by atoms with Crippen molar-refractivity contribution in [1.82, 2.24) is 15.1 Å². The molecule has 1 aromatic heterocycles. The van der Waals surface area contributed by atoms with Gasteiger partial charge in [-0.2, -0.15) is 18.3 Å². The van der Waals surface area contributed by atoms with Crippen molar-refractivity contribution in [1.29, 1.82) is 0 Å². The van der Waals surface area contributed by atoms with Crippen molar-refractivity contribution in [2.45, 2.75) is 26.6 Å². The van der Waals surface area contributed by atoms with Gasteiger partial charge in [0.1, 0.15) is 5.82 Å². The van der Waals surface area contributed by atoms with Gasteiger partial charge in [-0.3, -0.25) is 9.59 Å². The zero-order valence-corrected chi connectivity index (χ0v) is 17.3. The summed E-state index contributed by atoms with van der Waals surface area (Å²) in [5, 5.41) is 9.54. The zero-order chi connectivity index (χ0) is 22.8. The summed E-state index contributed by atoms with van der Waals surface area (Å²) in [4.78, 5) is 23.7. The number of hydrogen-bond acceptors (Lipinski definition) is 3. The quantitative estimate of drug-likeness (QED) is 0.589. The van der Waals surface area contributed by atoms with E-state index in [0.717, 1.165) is 28.4 Å². The first-order chi connectivity index (χ1) is 14.5. The van der Waals surface area contributed by atoms with Gasteiger partial charge in [-0.15, -0.1) is 0 Å². The van der Waals surface area contributed by atoms with Crippen LogP contribution in [0, 0.1) is 6.92 Å². The van der Waals surface area contributed by atoms with Gasteiger partial charge in [-0.1, -0.05) is 23.7 Å². The molecule has 0 bridgehead atoms. The number of rotatable bonds is 5. The van der Waals surface area contributed by atoms with E-state index in [0.29, 0.717) is 17.8 Å². The van der Waals surface area contributed by atoms with E-state index >= 15 is 0 Å². The fourth-order valence-electron chi connectivity index (χ4n) is 2.81. The molecule has 31 heavy (non-hydrogen) atoms. The van der Waals surface area contributed by atoms with Gasteiger partial charge in [0.25, 0.3) is 5.91 Å². The molecule has 0 radical (unpaired) electrons. The highest BCUT2D eigenvalue weighted by Gasteiger charge is 2.31. The molecule has 0 spiro atoms. The van der Waals surface area contributed by atoms with E-state index in [2.05, 4.69) is 15.7 Å². The number of carbonyl (C=O) groups is 2. The summed E-state index contributed by atoms with van der Waals surface area (Å²) in [6.45, 7) is 3.38. The van der Waals surface area contributed by atoms with Crippen LogP contribution < -0.4 is 10.6 Å². The average molecular weight is 451 g/mol. The second kappa shape index (κ2) is 8.81. The van der Waals surface area contributed by atoms with Crippen LogP contribution in [-0.2, 0) is 17.5 Å². The van der Waals surface area contributed by atoms with Gasteiger partial charge in [0.15, 0.2) is 0 Å². The molecule has 0 fully saturated rings. The zero-order valence-electron chi connectivity index (χ0n) is 16.5. The summed E-state index contributed by atoms with van der Waals surface area (Å²) in [5.41, 5.74) is 0.725. The molecule has 0 unspecified atom stereocenters. The largest absolute Gasteiger partial charge is 0.416 e. The predicted octanol–water partition coefficient (Wildman–Crippen LogP) is 4.74. The van der Waals surface area contributed by atoms with Crippen molar-refractivity contribution in [3.63, 3.8) is 0 Å². The SMILES string of the molecule is CC(=O)NCc1ccc(C(=O)Nc2cc(C)nn2-c2cc(C(F)(F)F)ccc2Cl)cc1. The Labute approximate surface area is 181 Å². The number of carbonyl (C=O) groups excluding carboxylic acids is 2. The molecule has 0 aliphatic heterocycles. The molecular formula is C21H18ClF3N4O2. The van der Waals surface area contributed by atoms with E-state index < -0.39 is 17.6 Å². The van der Waals surface area contributed by atoms with Gasteiger partial charge >= 0.3 is 6.18 Å². The van der Waals surface area contributed by atoms with Crippen LogP contribution in [0.4, 0.5) is 19.0 Å². The third kappa shape index (κ3) is 5.43. The third-order valence-corrected chi connectivity index (χ3v) is 4.65. The molecule has 0 atom stereocenters. The Morgan fingerprint density at radius 2 is 1.77 bits per heavy atom. The first kappa shape index (κ1) is 22.4. The summed E-state index contributed by atoms with van der Waals surface area (Å²) < 4.78 is 40.5. The normalized spacial score (nSPS) is 11.3. The van der Waals surface area contributed by atoms with Crippen molar-refractivity contribution in [3.8, 4) is 5.69 Å². The molecule has 10 heteroatoms. The Bertz CT molecular complexity index is 1120. The lowest BCUT2D eigenvalue weighted by Crippen LogP contribution is -2.19. The van der Waals surface area contributed by atoms with Crippen molar-refractivity contribution in [2.24, 2.45) is 0 Å². The molecule has 3 aromatic rings. The van der Waals surface area contributed by atoms with E-state index in [-0.39, 0.29) is 22.4 Å². The number of amides is 2. The Morgan fingerprint density at radius 3 is 2.39 bits per heavy atom. The van der Waals surface area contributed by atoms with Gasteiger partial charge in [-0.05, 0) is 42.8 Å². The summed E-state index contributed by atoms with van der Waals surface area (Å²) in [6, 6.07) is 11.0. The predicted molar refractivity (Wildman–Crippen MR) is 110 cm³/mol. The number of hydrogen-bond donors (Lipinski definition) is 2. The van der Waals surface area contributed by atoms with Gasteiger partial charge < -0.3 is 10.6 Å². The molecule has 3 rings (SSSR count). The Balaban J connectivity index is 1.86. The fraction of sp³-hybridized carbons (Fsp3) is 0.190. The first-order valence-electron chi connectivity index (χ1n) is 9.13. The fourth-order valence-corrected chi connectivity index (χ4v) is 3.01. The Kier molecular flexibility index (Phi) is 6.35. The molecule has 0 aliphatic rings. The smallest absolute Gasteiger partial charge is 0.352 e. The number of anilines is 1. The molecule has 0 saturated carbocycles. The first-order valence-corrected chi connectivity index (χ1v) is 9.51. The Morgan fingerprint density at radius 1 is 1.10 bits per heavy atom. The minimum absolute atomic E-state index is 0.00875. The van der Waals surface area contributed by atoms with Crippen LogP contribution in [0.5, 0.6) is 0 Å². The molecule has 2 amide bonds. The third-order valence-electron chi connectivity index (χ3n) is 4.33. The van der Waals surface area contributed by atoms with Crippen LogP contribution in [-0.4, -0.2) is 21.6 Å². The molecule has 0 saturated heterocycles. The maximum Gasteiger partial charge on any atom is 0.416 e. The lowest BCUT2D eigenvalue weighted by Gasteiger charge is -2.13. The van der Waals surface area contributed by atoms with E-state index in [1.165, 1.54) is 13.0 Å². The number of nitrogens with one attached hydrogen (secondary N) is 2. The van der Waals surface area contributed by atoms with Crippen LogP contribution in [0.3, 0.4) is 0 Å². The number of benzene rings is 2. The second-order valence-corrected chi connectivity index (χ2v) is 7.21. The summed E-state index contributed by atoms with van der Waals surface area (Å²) in [6.07, 6.45) is -4.55. The molecular weight excluding hydrogens is 433 g/mol. The van der Waals surface area contributed by atoms with Gasteiger partial charge in [0, 0.05) is 25.1 Å². The lowest BCUT2D eigenvalue weighted by molar-refractivity contribution is -0.137. The number of halogens is 4. The van der Waals surface area contributed by atoms with Gasteiger partial charge in [0.2, 0.25) is 5.91 Å². The maximum absolute atomic E-state index is 13.1. The molecule has 2 aromatic carbocycles. The number of nitrogens with zero attached hydrogens (tertiary/aromatic N) is 2. The van der Waals surface area contributed by atoms with E-state index in [4.69, 9.17) is 11.6 Å². The maximum atomic E-state index is 13.1. The van der Waals surface area contributed by atoms with Crippen molar-refractivity contribution in [2.75, 3.05) is 5.32 Å². The van der Waals surface area contributed by atoms with Crippen molar-refractivity contribution in [3.05, 3.63) is 75.9 Å². The van der Waals surface area contributed by atoms with E-state index in [1.807, 2.05) is 0 Å². The van der Waals surface area contributed by atoms with Gasteiger partial charge in [0.05, 0.1) is 22.0 Å².